The maximum Gasteiger partial charge on any atom is 0.325 e. The molecule has 152 valence electrons. The molecule has 0 saturated carbocycles. The minimum absolute atomic E-state index is 0.0277. The molecule has 1 amide bonds. The molecule has 10 heteroatoms. The molecule has 1 aromatic carbocycles. The molecule has 0 bridgehead atoms. The van der Waals surface area contributed by atoms with E-state index in [0.29, 0.717) is 5.69 Å². The molecule has 0 aliphatic carbocycles. The zero-order chi connectivity index (χ0) is 20.9. The number of amides is 1. The number of aromatic nitrogens is 1. The summed E-state index contributed by atoms with van der Waals surface area (Å²) in [6.07, 6.45) is -1.17. The third kappa shape index (κ3) is 5.64. The van der Waals surface area contributed by atoms with Crippen molar-refractivity contribution in [1.82, 2.24) is 9.88 Å². The Balaban J connectivity index is 2.05. The van der Waals surface area contributed by atoms with Gasteiger partial charge in [0, 0.05) is 6.07 Å². The van der Waals surface area contributed by atoms with Crippen LogP contribution in [0.5, 0.6) is 0 Å². The van der Waals surface area contributed by atoms with E-state index in [2.05, 4.69) is 15.2 Å². The first-order valence-electron chi connectivity index (χ1n) is 8.62. The Hall–Kier alpha value is -2.72. The van der Waals surface area contributed by atoms with Crippen LogP contribution in [0.3, 0.4) is 0 Å². The van der Waals surface area contributed by atoms with Crippen molar-refractivity contribution in [2.45, 2.75) is 44.7 Å². The van der Waals surface area contributed by atoms with Crippen LogP contribution in [0.2, 0.25) is 0 Å². The molecular formula is C18H23N3O6S. The molecule has 2 rings (SSSR count). The second kappa shape index (κ2) is 8.98. The highest BCUT2D eigenvalue weighted by molar-refractivity contribution is 7.89. The quantitative estimate of drug-likeness (QED) is 0.637. The van der Waals surface area contributed by atoms with E-state index in [0.717, 1.165) is 0 Å². The molecule has 1 heterocycles. The molecule has 0 saturated heterocycles. The topological polar surface area (TPSA) is 128 Å². The van der Waals surface area contributed by atoms with Gasteiger partial charge in [-0.15, -0.1) is 0 Å². The minimum atomic E-state index is -3.93. The maximum atomic E-state index is 12.5. The molecule has 2 N–H and O–H groups in total. The van der Waals surface area contributed by atoms with Crippen molar-refractivity contribution < 1.29 is 27.3 Å². The first-order valence-corrected chi connectivity index (χ1v) is 10.1. The van der Waals surface area contributed by atoms with Crippen LogP contribution in [0.25, 0.3) is 0 Å². The second-order valence-corrected chi connectivity index (χ2v) is 8.27. The average molecular weight is 409 g/mol. The summed E-state index contributed by atoms with van der Waals surface area (Å²) in [5, 5.41) is 6.06. The summed E-state index contributed by atoms with van der Waals surface area (Å²) < 4.78 is 37.4. The van der Waals surface area contributed by atoms with Crippen molar-refractivity contribution in [2.75, 3.05) is 5.32 Å². The molecule has 0 radical (unpaired) electrons. The summed E-state index contributed by atoms with van der Waals surface area (Å²) >= 11 is 0. The summed E-state index contributed by atoms with van der Waals surface area (Å²) in [7, 11) is -3.93. The Morgan fingerprint density at radius 2 is 1.79 bits per heavy atom. The van der Waals surface area contributed by atoms with E-state index >= 15 is 0 Å². The third-order valence-electron chi connectivity index (χ3n) is 3.79. The standard InChI is InChI=1S/C18H23N3O6S/c1-11(2)16(21-28(24,25)14-8-6-5-7-9-14)18(23)26-13(4)17(22)19-15-10-12(3)20-27-15/h5-11,13,16,21H,1-4H3,(H,19,22)/t13-,16-/m0/s1. The number of nitrogens with zero attached hydrogens (tertiary/aromatic N) is 1. The van der Waals surface area contributed by atoms with Crippen molar-refractivity contribution in [2.24, 2.45) is 5.92 Å². The van der Waals surface area contributed by atoms with Crippen molar-refractivity contribution in [3.05, 3.63) is 42.1 Å². The first-order chi connectivity index (χ1) is 13.1. The molecule has 2 atom stereocenters. The molecule has 0 spiro atoms. The van der Waals surface area contributed by atoms with E-state index in [1.807, 2.05) is 0 Å². The Morgan fingerprint density at radius 3 is 2.32 bits per heavy atom. The van der Waals surface area contributed by atoms with E-state index < -0.39 is 40.0 Å². The smallest absolute Gasteiger partial charge is 0.325 e. The average Bonchev–Trinajstić information content (AvgIpc) is 3.04. The number of carbonyl (C=O) groups is 2. The van der Waals surface area contributed by atoms with Gasteiger partial charge in [-0.3, -0.25) is 14.9 Å². The van der Waals surface area contributed by atoms with Crippen LogP contribution in [-0.4, -0.2) is 37.6 Å². The largest absolute Gasteiger partial charge is 0.451 e. The monoisotopic (exact) mass is 409 g/mol. The molecule has 0 aliphatic heterocycles. The number of ether oxygens (including phenoxy) is 1. The highest BCUT2D eigenvalue weighted by Gasteiger charge is 2.32. The lowest BCUT2D eigenvalue weighted by Gasteiger charge is -2.22. The molecule has 2 aromatic rings. The molecule has 0 unspecified atom stereocenters. The summed E-state index contributed by atoms with van der Waals surface area (Å²) in [5.41, 5.74) is 0.579. The lowest BCUT2D eigenvalue weighted by atomic mass is 10.1. The number of benzene rings is 1. The summed E-state index contributed by atoms with van der Waals surface area (Å²) in [4.78, 5) is 24.7. The van der Waals surface area contributed by atoms with E-state index in [-0.39, 0.29) is 10.8 Å². The third-order valence-corrected chi connectivity index (χ3v) is 5.25. The number of aryl methyl sites for hydroxylation is 1. The predicted molar refractivity (Wildman–Crippen MR) is 101 cm³/mol. The Kier molecular flexibility index (Phi) is 6.92. The van der Waals surface area contributed by atoms with Crippen LogP contribution in [0.4, 0.5) is 5.88 Å². The number of rotatable bonds is 8. The number of hydrogen-bond acceptors (Lipinski definition) is 7. The normalized spacial score (nSPS) is 13.8. The van der Waals surface area contributed by atoms with Gasteiger partial charge in [0.05, 0.1) is 10.6 Å². The van der Waals surface area contributed by atoms with Gasteiger partial charge in [-0.05, 0) is 31.9 Å². The van der Waals surface area contributed by atoms with E-state index in [4.69, 9.17) is 9.26 Å². The molecule has 9 nitrogen and oxygen atoms in total. The number of hydrogen-bond donors (Lipinski definition) is 2. The zero-order valence-corrected chi connectivity index (χ0v) is 16.8. The fraction of sp³-hybridized carbons (Fsp3) is 0.389. The highest BCUT2D eigenvalue weighted by atomic mass is 32.2. The molecule has 0 fully saturated rings. The molecular weight excluding hydrogens is 386 g/mol. The lowest BCUT2D eigenvalue weighted by molar-refractivity contribution is -0.155. The van der Waals surface area contributed by atoms with Crippen LogP contribution >= 0.6 is 0 Å². The highest BCUT2D eigenvalue weighted by Crippen LogP contribution is 2.14. The lowest BCUT2D eigenvalue weighted by Crippen LogP contribution is -2.47. The van der Waals surface area contributed by atoms with Gasteiger partial charge in [-0.25, -0.2) is 8.42 Å². The van der Waals surface area contributed by atoms with Gasteiger partial charge in [0.15, 0.2) is 6.10 Å². The summed E-state index contributed by atoms with van der Waals surface area (Å²) in [6, 6.07) is 8.03. The number of anilines is 1. The maximum absolute atomic E-state index is 12.5. The van der Waals surface area contributed by atoms with E-state index in [9.17, 15) is 18.0 Å². The fourth-order valence-corrected chi connectivity index (χ4v) is 3.59. The van der Waals surface area contributed by atoms with Crippen LogP contribution in [0.15, 0.2) is 45.8 Å². The Morgan fingerprint density at radius 1 is 1.14 bits per heavy atom. The van der Waals surface area contributed by atoms with E-state index in [1.165, 1.54) is 25.1 Å². The van der Waals surface area contributed by atoms with E-state index in [1.54, 1.807) is 39.0 Å². The van der Waals surface area contributed by atoms with Gasteiger partial charge >= 0.3 is 5.97 Å². The van der Waals surface area contributed by atoms with Crippen LogP contribution in [0.1, 0.15) is 26.5 Å². The molecule has 1 aromatic heterocycles. The number of nitrogens with one attached hydrogen (secondary N) is 2. The van der Waals surface area contributed by atoms with Crippen LogP contribution in [0, 0.1) is 12.8 Å². The number of sulfonamides is 1. The van der Waals surface area contributed by atoms with Gasteiger partial charge in [0.1, 0.15) is 6.04 Å². The van der Waals surface area contributed by atoms with Crippen molar-refractivity contribution >= 4 is 27.8 Å². The van der Waals surface area contributed by atoms with Gasteiger partial charge in [-0.2, -0.15) is 4.72 Å². The van der Waals surface area contributed by atoms with Gasteiger partial charge < -0.3 is 9.26 Å². The van der Waals surface area contributed by atoms with Crippen molar-refractivity contribution in [3.63, 3.8) is 0 Å². The SMILES string of the molecule is Cc1cc(NC(=O)[C@H](C)OC(=O)[C@@H](NS(=O)(=O)c2ccccc2)C(C)C)on1. The minimum Gasteiger partial charge on any atom is -0.451 e. The zero-order valence-electron chi connectivity index (χ0n) is 16.0. The second-order valence-electron chi connectivity index (χ2n) is 6.56. The van der Waals surface area contributed by atoms with Crippen LogP contribution in [-0.2, 0) is 24.3 Å². The van der Waals surface area contributed by atoms with Crippen LogP contribution < -0.4 is 10.0 Å². The number of esters is 1. The van der Waals surface area contributed by atoms with Gasteiger partial charge in [-0.1, -0.05) is 37.2 Å². The Bertz CT molecular complexity index is 924. The van der Waals surface area contributed by atoms with Crippen molar-refractivity contribution in [1.29, 1.82) is 0 Å². The first kappa shape index (κ1) is 21.6. The van der Waals surface area contributed by atoms with Crippen molar-refractivity contribution in [3.8, 4) is 0 Å². The summed E-state index contributed by atoms with van der Waals surface area (Å²) in [5.74, 6) is -1.77. The molecule has 28 heavy (non-hydrogen) atoms. The van der Waals surface area contributed by atoms with Gasteiger partial charge in [0.25, 0.3) is 5.91 Å². The molecule has 0 aliphatic rings. The Labute approximate surface area is 163 Å². The summed E-state index contributed by atoms with van der Waals surface area (Å²) in [6.45, 7) is 6.40. The number of carbonyl (C=O) groups excluding carboxylic acids is 2. The predicted octanol–water partition coefficient (Wildman–Crippen LogP) is 1.86. The fourth-order valence-electron chi connectivity index (χ4n) is 2.24. The van der Waals surface area contributed by atoms with Gasteiger partial charge in [0.2, 0.25) is 15.9 Å².